The minimum Gasteiger partial charge on any atom is -0.493 e. The van der Waals surface area contributed by atoms with E-state index in [0.29, 0.717) is 17.2 Å². The molecule has 2 atom stereocenters. The molecule has 29 heavy (non-hydrogen) atoms. The zero-order valence-electron chi connectivity index (χ0n) is 17.7. The number of aliphatic hydroxyl groups is 1. The highest BCUT2D eigenvalue weighted by Gasteiger charge is 2.53. The molecule has 2 aliphatic rings. The van der Waals surface area contributed by atoms with Gasteiger partial charge in [0.1, 0.15) is 11.4 Å². The molecule has 0 spiro atoms. The Balaban J connectivity index is 1.58. The van der Waals surface area contributed by atoms with Crippen molar-refractivity contribution in [1.29, 1.82) is 0 Å². The van der Waals surface area contributed by atoms with Gasteiger partial charge in [0.2, 0.25) is 5.75 Å². The number of rotatable bonds is 6. The second kappa shape index (κ2) is 7.88. The Bertz CT molecular complexity index is 826. The van der Waals surface area contributed by atoms with E-state index >= 15 is 0 Å². The summed E-state index contributed by atoms with van der Waals surface area (Å²) in [6.45, 7) is 2.47. The normalized spacial score (nSPS) is 26.9. The number of ether oxygens (including phenoxy) is 3. The zero-order chi connectivity index (χ0) is 20.6. The van der Waals surface area contributed by atoms with Crippen molar-refractivity contribution in [3.05, 3.63) is 35.9 Å². The maximum absolute atomic E-state index is 11.7. The van der Waals surface area contributed by atoms with Gasteiger partial charge in [-0.1, -0.05) is 6.42 Å². The van der Waals surface area contributed by atoms with Crippen LogP contribution in [0.15, 0.2) is 24.5 Å². The molecule has 2 heterocycles. The van der Waals surface area contributed by atoms with Crippen molar-refractivity contribution in [1.82, 2.24) is 14.5 Å². The van der Waals surface area contributed by atoms with Crippen molar-refractivity contribution >= 4 is 0 Å². The molecule has 7 nitrogen and oxygen atoms in total. The summed E-state index contributed by atoms with van der Waals surface area (Å²) in [4.78, 5) is 6.95. The van der Waals surface area contributed by atoms with Crippen LogP contribution in [0, 0.1) is 11.8 Å². The largest absolute Gasteiger partial charge is 0.493 e. The number of benzene rings is 1. The molecule has 0 radical (unpaired) electrons. The number of imidazole rings is 1. The van der Waals surface area contributed by atoms with Crippen molar-refractivity contribution in [3.8, 4) is 17.2 Å². The lowest BCUT2D eigenvalue weighted by Crippen LogP contribution is -2.58. The molecule has 2 fully saturated rings. The molecular formula is C22H31N3O4. The fourth-order valence-corrected chi connectivity index (χ4v) is 5.27. The summed E-state index contributed by atoms with van der Waals surface area (Å²) in [7, 11) is 6.86. The van der Waals surface area contributed by atoms with Gasteiger partial charge in [-0.25, -0.2) is 4.98 Å². The lowest BCUT2D eigenvalue weighted by molar-refractivity contribution is -0.155. The maximum atomic E-state index is 11.7. The number of fused-ring (bicyclic) bond motifs is 2. The third-order valence-corrected chi connectivity index (χ3v) is 6.62. The van der Waals surface area contributed by atoms with E-state index < -0.39 is 5.60 Å². The fraction of sp³-hybridized carbons (Fsp3) is 0.591. The summed E-state index contributed by atoms with van der Waals surface area (Å²) in [6.07, 6.45) is 6.91. The molecule has 1 N–H and O–H groups in total. The molecular weight excluding hydrogens is 370 g/mol. The highest BCUT2D eigenvalue weighted by atomic mass is 16.5. The van der Waals surface area contributed by atoms with E-state index in [9.17, 15) is 5.11 Å². The highest BCUT2D eigenvalue weighted by molar-refractivity contribution is 5.53. The van der Waals surface area contributed by atoms with E-state index in [-0.39, 0.29) is 11.8 Å². The van der Waals surface area contributed by atoms with Crippen LogP contribution in [0.5, 0.6) is 17.2 Å². The van der Waals surface area contributed by atoms with Crippen molar-refractivity contribution in [2.45, 2.75) is 31.4 Å². The van der Waals surface area contributed by atoms with Gasteiger partial charge in [0.25, 0.3) is 0 Å². The Morgan fingerprint density at radius 2 is 1.69 bits per heavy atom. The van der Waals surface area contributed by atoms with Crippen LogP contribution in [-0.4, -0.2) is 54.0 Å². The van der Waals surface area contributed by atoms with Crippen LogP contribution in [0.4, 0.5) is 0 Å². The maximum Gasteiger partial charge on any atom is 0.203 e. The van der Waals surface area contributed by atoms with Gasteiger partial charge >= 0.3 is 0 Å². The molecule has 2 aromatic rings. The third-order valence-electron chi connectivity index (χ3n) is 6.62. The van der Waals surface area contributed by atoms with Crippen LogP contribution in [0.3, 0.4) is 0 Å². The Hall–Kier alpha value is -2.25. The van der Waals surface area contributed by atoms with Gasteiger partial charge < -0.3 is 23.9 Å². The smallest absolute Gasteiger partial charge is 0.203 e. The minimum absolute atomic E-state index is 0.179. The summed E-state index contributed by atoms with van der Waals surface area (Å²) < 4.78 is 18.4. The molecule has 1 saturated heterocycles. The number of nitrogens with zero attached hydrogens (tertiary/aromatic N) is 3. The number of piperidine rings is 1. The summed E-state index contributed by atoms with van der Waals surface area (Å²) >= 11 is 0. The van der Waals surface area contributed by atoms with E-state index in [1.165, 1.54) is 6.42 Å². The number of aryl methyl sites for hydroxylation is 1. The number of likely N-dealkylation sites (tertiary alicyclic amines) is 1. The van der Waals surface area contributed by atoms with Crippen LogP contribution < -0.4 is 14.2 Å². The second-order valence-electron chi connectivity index (χ2n) is 8.24. The molecule has 1 aliphatic heterocycles. The lowest BCUT2D eigenvalue weighted by atomic mass is 9.65. The number of hydrogen-bond acceptors (Lipinski definition) is 6. The first-order valence-electron chi connectivity index (χ1n) is 10.2. The number of aromatic nitrogens is 2. The third kappa shape index (κ3) is 3.36. The van der Waals surface area contributed by atoms with Gasteiger partial charge in [-0.15, -0.1) is 0 Å². The average Bonchev–Trinajstić information content (AvgIpc) is 3.14. The van der Waals surface area contributed by atoms with Crippen LogP contribution in [-0.2, 0) is 19.2 Å². The summed E-state index contributed by atoms with van der Waals surface area (Å²) in [5.41, 5.74) is 0.266. The first-order chi connectivity index (χ1) is 14.0. The molecule has 2 bridgehead atoms. The van der Waals surface area contributed by atoms with E-state index in [2.05, 4.69) is 9.88 Å². The molecule has 1 aliphatic carbocycles. The Morgan fingerprint density at radius 3 is 2.17 bits per heavy atom. The minimum atomic E-state index is -0.845. The first kappa shape index (κ1) is 20.0. The van der Waals surface area contributed by atoms with Gasteiger partial charge in [0, 0.05) is 50.9 Å². The predicted molar refractivity (Wildman–Crippen MR) is 109 cm³/mol. The van der Waals surface area contributed by atoms with Crippen LogP contribution in [0.25, 0.3) is 0 Å². The Labute approximate surface area is 172 Å². The van der Waals surface area contributed by atoms with Gasteiger partial charge in [-0.3, -0.25) is 4.90 Å². The Morgan fingerprint density at radius 1 is 1.07 bits per heavy atom. The van der Waals surface area contributed by atoms with Gasteiger partial charge in [-0.2, -0.15) is 0 Å². The van der Waals surface area contributed by atoms with E-state index in [1.807, 2.05) is 29.9 Å². The topological polar surface area (TPSA) is 69.0 Å². The average molecular weight is 402 g/mol. The first-order valence-corrected chi connectivity index (χ1v) is 10.2. The molecule has 1 aromatic heterocycles. The van der Waals surface area contributed by atoms with Gasteiger partial charge in [0.05, 0.1) is 21.3 Å². The molecule has 158 valence electrons. The van der Waals surface area contributed by atoms with Crippen molar-refractivity contribution in [3.63, 3.8) is 0 Å². The monoisotopic (exact) mass is 401 g/mol. The zero-order valence-corrected chi connectivity index (χ0v) is 17.7. The van der Waals surface area contributed by atoms with Crippen molar-refractivity contribution < 1.29 is 19.3 Å². The lowest BCUT2D eigenvalue weighted by Gasteiger charge is -2.52. The number of methoxy groups -OCH3 is 3. The van der Waals surface area contributed by atoms with Gasteiger partial charge in [0.15, 0.2) is 11.5 Å². The van der Waals surface area contributed by atoms with Crippen molar-refractivity contribution in [2.24, 2.45) is 18.9 Å². The van der Waals surface area contributed by atoms with E-state index in [1.54, 1.807) is 27.5 Å². The standard InChI is InChI=1S/C22H31N3O4/c1-24-9-8-23-21(24)22(26)16-6-5-7-17(22)14-25(13-16)12-15-10-18(27-2)20(29-4)19(11-15)28-3/h8-11,16-17,26H,5-7,12-14H2,1-4H3. The highest BCUT2D eigenvalue weighted by Crippen LogP contribution is 2.49. The molecule has 4 rings (SSSR count). The van der Waals surface area contributed by atoms with Crippen LogP contribution in [0.2, 0.25) is 0 Å². The fourth-order valence-electron chi connectivity index (χ4n) is 5.27. The van der Waals surface area contributed by atoms with Crippen LogP contribution >= 0.6 is 0 Å². The SMILES string of the molecule is COc1cc(CN2CC3CCCC(C2)C3(O)c2nccn2C)cc(OC)c1OC. The van der Waals surface area contributed by atoms with Gasteiger partial charge in [-0.05, 0) is 30.5 Å². The van der Waals surface area contributed by atoms with E-state index in [0.717, 1.165) is 43.9 Å². The van der Waals surface area contributed by atoms with Crippen molar-refractivity contribution in [2.75, 3.05) is 34.4 Å². The predicted octanol–water partition coefficient (Wildman–Crippen LogP) is 2.57. The molecule has 7 heteroatoms. The quantitative estimate of drug-likeness (QED) is 0.802. The molecule has 0 amide bonds. The second-order valence-corrected chi connectivity index (χ2v) is 8.24. The van der Waals surface area contributed by atoms with Crippen LogP contribution in [0.1, 0.15) is 30.7 Å². The molecule has 1 saturated carbocycles. The van der Waals surface area contributed by atoms with E-state index in [4.69, 9.17) is 14.2 Å². The molecule has 2 unspecified atom stereocenters. The molecule has 1 aromatic carbocycles. The Kier molecular flexibility index (Phi) is 5.44. The summed E-state index contributed by atoms with van der Waals surface area (Å²) in [5.74, 6) is 3.11. The summed E-state index contributed by atoms with van der Waals surface area (Å²) in [5, 5.41) is 11.7. The summed E-state index contributed by atoms with van der Waals surface area (Å²) in [6, 6.07) is 4.02. The number of hydrogen-bond donors (Lipinski definition) is 1.